The first kappa shape index (κ1) is 14.8. The van der Waals surface area contributed by atoms with Crippen molar-refractivity contribution in [3.63, 3.8) is 0 Å². The second kappa shape index (κ2) is 6.63. The molecule has 1 atom stereocenters. The van der Waals surface area contributed by atoms with Gasteiger partial charge in [0.1, 0.15) is 5.25 Å². The van der Waals surface area contributed by atoms with Crippen molar-refractivity contribution in [3.05, 3.63) is 0 Å². The molecule has 1 saturated carbocycles. The highest BCUT2D eigenvalue weighted by molar-refractivity contribution is 8.01. The van der Waals surface area contributed by atoms with Crippen LogP contribution < -0.4 is 10.6 Å². The summed E-state index contributed by atoms with van der Waals surface area (Å²) in [5.41, 5.74) is 0. The van der Waals surface area contributed by atoms with Gasteiger partial charge in [0.2, 0.25) is 5.91 Å². The van der Waals surface area contributed by atoms with Gasteiger partial charge in [-0.1, -0.05) is 13.8 Å². The monoisotopic (exact) mass is 274 g/mol. The van der Waals surface area contributed by atoms with E-state index in [2.05, 4.69) is 10.6 Å². The number of hydrogen-bond donors (Lipinski definition) is 3. The van der Waals surface area contributed by atoms with Crippen molar-refractivity contribution < 1.29 is 19.5 Å². The molecule has 6 nitrogen and oxygen atoms in total. The molecule has 1 unspecified atom stereocenters. The maximum Gasteiger partial charge on any atom is 0.321 e. The molecule has 0 heterocycles. The summed E-state index contributed by atoms with van der Waals surface area (Å²) >= 11 is 1.03. The Morgan fingerprint density at radius 2 is 1.94 bits per heavy atom. The maximum atomic E-state index is 11.4. The van der Waals surface area contributed by atoms with Gasteiger partial charge in [-0.2, -0.15) is 0 Å². The number of rotatable bonds is 6. The summed E-state index contributed by atoms with van der Waals surface area (Å²) in [6.07, 6.45) is 1.90. The molecule has 1 aliphatic rings. The van der Waals surface area contributed by atoms with Gasteiger partial charge in [0.15, 0.2) is 0 Å². The molecule has 1 aliphatic carbocycles. The van der Waals surface area contributed by atoms with E-state index in [1.165, 1.54) is 0 Å². The van der Waals surface area contributed by atoms with Gasteiger partial charge in [0, 0.05) is 6.04 Å². The van der Waals surface area contributed by atoms with E-state index in [9.17, 15) is 14.4 Å². The van der Waals surface area contributed by atoms with Crippen molar-refractivity contribution in [2.75, 3.05) is 5.75 Å². The van der Waals surface area contributed by atoms with Crippen molar-refractivity contribution in [3.8, 4) is 0 Å². The summed E-state index contributed by atoms with van der Waals surface area (Å²) < 4.78 is 0. The minimum Gasteiger partial charge on any atom is -0.480 e. The minimum atomic E-state index is -0.940. The lowest BCUT2D eigenvalue weighted by Gasteiger charge is -2.15. The highest BCUT2D eigenvalue weighted by atomic mass is 32.2. The van der Waals surface area contributed by atoms with Crippen LogP contribution in [0.2, 0.25) is 0 Å². The van der Waals surface area contributed by atoms with Gasteiger partial charge in [-0.3, -0.25) is 14.9 Å². The number of thioether (sulfide) groups is 1. The van der Waals surface area contributed by atoms with E-state index in [0.29, 0.717) is 0 Å². The van der Waals surface area contributed by atoms with E-state index in [4.69, 9.17) is 5.11 Å². The molecule has 18 heavy (non-hydrogen) atoms. The fourth-order valence-corrected chi connectivity index (χ4v) is 2.26. The lowest BCUT2D eigenvalue weighted by atomic mass is 10.1. The third-order valence-corrected chi connectivity index (χ3v) is 3.94. The Hall–Kier alpha value is -1.24. The predicted octanol–water partition coefficient (Wildman–Crippen LogP) is 0.817. The molecule has 0 saturated heterocycles. The van der Waals surface area contributed by atoms with Crippen LogP contribution in [0.4, 0.5) is 4.79 Å². The van der Waals surface area contributed by atoms with Crippen LogP contribution in [0.1, 0.15) is 26.7 Å². The fourth-order valence-electron chi connectivity index (χ4n) is 1.33. The van der Waals surface area contributed by atoms with Gasteiger partial charge in [-0.25, -0.2) is 4.79 Å². The maximum absolute atomic E-state index is 11.4. The molecule has 0 spiro atoms. The van der Waals surface area contributed by atoms with Gasteiger partial charge >= 0.3 is 12.0 Å². The van der Waals surface area contributed by atoms with Crippen LogP contribution in [0, 0.1) is 5.92 Å². The number of imide groups is 1. The Kier molecular flexibility index (Phi) is 5.46. The van der Waals surface area contributed by atoms with Crippen molar-refractivity contribution in [1.82, 2.24) is 10.6 Å². The highest BCUT2D eigenvalue weighted by Crippen LogP contribution is 2.20. The molecule has 0 aromatic heterocycles. The topological polar surface area (TPSA) is 95.5 Å². The van der Waals surface area contributed by atoms with Crippen LogP contribution in [0.3, 0.4) is 0 Å². The lowest BCUT2D eigenvalue weighted by Crippen LogP contribution is -2.41. The van der Waals surface area contributed by atoms with Gasteiger partial charge in [-0.15, -0.1) is 11.8 Å². The van der Waals surface area contributed by atoms with Crippen LogP contribution in [-0.2, 0) is 9.59 Å². The molecule has 0 radical (unpaired) electrons. The molecular weight excluding hydrogens is 256 g/mol. The van der Waals surface area contributed by atoms with E-state index < -0.39 is 23.2 Å². The summed E-state index contributed by atoms with van der Waals surface area (Å²) in [5.74, 6) is -1.51. The van der Waals surface area contributed by atoms with Crippen LogP contribution in [0.5, 0.6) is 0 Å². The molecule has 0 bridgehead atoms. The SMILES string of the molecule is CC(C)C(SCC(=O)NC(=O)NC1CC1)C(=O)O. The van der Waals surface area contributed by atoms with E-state index >= 15 is 0 Å². The van der Waals surface area contributed by atoms with Crippen LogP contribution in [-0.4, -0.2) is 40.1 Å². The normalized spacial score (nSPS) is 16.2. The van der Waals surface area contributed by atoms with Gasteiger partial charge in [-0.05, 0) is 18.8 Å². The largest absolute Gasteiger partial charge is 0.480 e. The summed E-state index contributed by atoms with van der Waals surface area (Å²) in [7, 11) is 0. The molecule has 3 amide bonds. The number of urea groups is 1. The van der Waals surface area contributed by atoms with E-state index in [0.717, 1.165) is 24.6 Å². The van der Waals surface area contributed by atoms with Gasteiger partial charge in [0.05, 0.1) is 5.75 Å². The first-order valence-corrected chi connectivity index (χ1v) is 6.89. The Labute approximate surface area is 110 Å². The number of aliphatic carboxylic acids is 1. The smallest absolute Gasteiger partial charge is 0.321 e. The zero-order valence-electron chi connectivity index (χ0n) is 10.4. The molecule has 7 heteroatoms. The molecule has 1 fully saturated rings. The first-order valence-electron chi connectivity index (χ1n) is 5.85. The average Bonchev–Trinajstić information content (AvgIpc) is 3.00. The van der Waals surface area contributed by atoms with Gasteiger partial charge in [0.25, 0.3) is 0 Å². The number of carboxylic acid groups (broad SMARTS) is 1. The molecule has 1 rings (SSSR count). The highest BCUT2D eigenvalue weighted by Gasteiger charge is 2.25. The van der Waals surface area contributed by atoms with Crippen LogP contribution >= 0.6 is 11.8 Å². The Morgan fingerprint density at radius 3 is 2.39 bits per heavy atom. The lowest BCUT2D eigenvalue weighted by molar-refractivity contribution is -0.137. The van der Waals surface area contributed by atoms with Crippen molar-refractivity contribution in [2.24, 2.45) is 5.92 Å². The third-order valence-electron chi connectivity index (χ3n) is 2.41. The quantitative estimate of drug-likeness (QED) is 0.666. The Balaban J connectivity index is 2.26. The number of carbonyl (C=O) groups is 3. The van der Waals surface area contributed by atoms with E-state index in [1.54, 1.807) is 13.8 Å². The van der Waals surface area contributed by atoms with Gasteiger partial charge < -0.3 is 10.4 Å². The molecule has 102 valence electrons. The summed E-state index contributed by atoms with van der Waals surface area (Å²) in [6.45, 7) is 3.56. The number of carboxylic acids is 1. The van der Waals surface area contributed by atoms with Crippen molar-refractivity contribution in [1.29, 1.82) is 0 Å². The number of amides is 3. The zero-order valence-corrected chi connectivity index (χ0v) is 11.3. The first-order chi connectivity index (χ1) is 8.40. The number of nitrogens with one attached hydrogen (secondary N) is 2. The van der Waals surface area contributed by atoms with Crippen molar-refractivity contribution >= 4 is 29.7 Å². The van der Waals surface area contributed by atoms with E-state index in [-0.39, 0.29) is 17.7 Å². The average molecular weight is 274 g/mol. The standard InChI is InChI=1S/C11H18N2O4S/c1-6(2)9(10(15)16)18-5-8(14)13-11(17)12-7-3-4-7/h6-7,9H,3-5H2,1-2H3,(H,15,16)(H2,12,13,14,17). The molecular formula is C11H18N2O4S. The number of carbonyl (C=O) groups excluding carboxylic acids is 2. The third kappa shape index (κ3) is 5.39. The van der Waals surface area contributed by atoms with Crippen LogP contribution in [0.15, 0.2) is 0 Å². The molecule has 0 aliphatic heterocycles. The second-order valence-corrected chi connectivity index (χ2v) is 5.74. The van der Waals surface area contributed by atoms with Crippen LogP contribution in [0.25, 0.3) is 0 Å². The fraction of sp³-hybridized carbons (Fsp3) is 0.727. The summed E-state index contributed by atoms with van der Waals surface area (Å²) in [6, 6.07) is -0.313. The molecule has 0 aromatic rings. The van der Waals surface area contributed by atoms with E-state index in [1.807, 2.05) is 0 Å². The molecule has 0 aromatic carbocycles. The summed E-state index contributed by atoms with van der Waals surface area (Å²) in [5, 5.41) is 13.1. The molecule has 3 N–H and O–H groups in total. The second-order valence-electron chi connectivity index (χ2n) is 4.61. The summed E-state index contributed by atoms with van der Waals surface area (Å²) in [4.78, 5) is 33.6. The van der Waals surface area contributed by atoms with Crippen molar-refractivity contribution in [2.45, 2.75) is 38.0 Å². The minimum absolute atomic E-state index is 0.0345. The zero-order chi connectivity index (χ0) is 13.7. The Morgan fingerprint density at radius 1 is 1.33 bits per heavy atom. The predicted molar refractivity (Wildman–Crippen MR) is 68.4 cm³/mol. The Bertz CT molecular complexity index is 342. The number of hydrogen-bond acceptors (Lipinski definition) is 4.